The average molecular weight is 288 g/mol. The third-order valence-electron chi connectivity index (χ3n) is 2.52. The molecule has 1 rings (SSSR count). The van der Waals surface area contributed by atoms with Crippen LogP contribution in [0.3, 0.4) is 0 Å². The molecule has 0 aromatic carbocycles. The summed E-state index contributed by atoms with van der Waals surface area (Å²) >= 11 is 0. The van der Waals surface area contributed by atoms with Gasteiger partial charge in [0.2, 0.25) is 10.0 Å². The summed E-state index contributed by atoms with van der Waals surface area (Å²) in [7, 11) is -3.62. The highest BCUT2D eigenvalue weighted by atomic mass is 32.2. The van der Waals surface area contributed by atoms with Crippen LogP contribution in [0.2, 0.25) is 0 Å². The molecule has 2 N–H and O–H groups in total. The average Bonchev–Trinajstić information content (AvgIpc) is 2.91. The number of hydrogen-bond donors (Lipinski definition) is 2. The number of rotatable bonds is 8. The first-order chi connectivity index (χ1) is 8.18. The smallest absolute Gasteiger partial charge is 0.314 e. The van der Waals surface area contributed by atoms with Crippen LogP contribution in [-0.4, -0.2) is 39.0 Å². The zero-order valence-corrected chi connectivity index (χ0v) is 11.1. The Morgan fingerprint density at radius 3 is 2.44 bits per heavy atom. The second-order valence-corrected chi connectivity index (χ2v) is 6.61. The highest BCUT2D eigenvalue weighted by Crippen LogP contribution is 2.21. The van der Waals surface area contributed by atoms with Crippen molar-refractivity contribution < 1.29 is 21.6 Å². The van der Waals surface area contributed by atoms with Crippen molar-refractivity contribution in [2.24, 2.45) is 0 Å². The Morgan fingerprint density at radius 1 is 1.33 bits per heavy atom. The van der Waals surface area contributed by atoms with Gasteiger partial charge in [-0.1, -0.05) is 0 Å². The van der Waals surface area contributed by atoms with Crippen LogP contribution < -0.4 is 10.0 Å². The number of alkyl halides is 3. The molecule has 0 aromatic heterocycles. The molecule has 4 nitrogen and oxygen atoms in total. The molecule has 1 aliphatic carbocycles. The third-order valence-corrected chi connectivity index (χ3v) is 4.11. The lowest BCUT2D eigenvalue weighted by molar-refractivity contribution is -0.137. The third kappa shape index (κ3) is 7.88. The van der Waals surface area contributed by atoms with Crippen molar-refractivity contribution in [3.8, 4) is 0 Å². The second-order valence-electron chi connectivity index (χ2n) is 4.74. The molecule has 1 fully saturated rings. The predicted molar refractivity (Wildman–Crippen MR) is 62.7 cm³/mol. The molecule has 18 heavy (non-hydrogen) atoms. The van der Waals surface area contributed by atoms with Crippen LogP contribution in [0.1, 0.15) is 32.6 Å². The molecular formula is C10H19F3N2O2S. The molecule has 0 spiro atoms. The Labute approximate surface area is 105 Å². The summed E-state index contributed by atoms with van der Waals surface area (Å²) < 4.78 is 61.1. The second kappa shape index (κ2) is 6.21. The van der Waals surface area contributed by atoms with Gasteiger partial charge in [-0.05, 0) is 32.7 Å². The Bertz CT molecular complexity index is 353. The Morgan fingerprint density at radius 2 is 1.94 bits per heavy atom. The van der Waals surface area contributed by atoms with Crippen LogP contribution in [0, 0.1) is 0 Å². The fourth-order valence-electron chi connectivity index (χ4n) is 1.61. The van der Waals surface area contributed by atoms with E-state index in [0.29, 0.717) is 19.0 Å². The maximum Gasteiger partial charge on any atom is 0.390 e. The van der Waals surface area contributed by atoms with E-state index in [9.17, 15) is 21.6 Å². The van der Waals surface area contributed by atoms with Gasteiger partial charge in [0.25, 0.3) is 0 Å². The van der Waals surface area contributed by atoms with E-state index in [1.54, 1.807) is 0 Å². The molecule has 0 bridgehead atoms. The van der Waals surface area contributed by atoms with E-state index in [1.807, 2.05) is 4.72 Å². The van der Waals surface area contributed by atoms with Crippen LogP contribution in [-0.2, 0) is 10.0 Å². The lowest BCUT2D eigenvalue weighted by Gasteiger charge is -2.15. The highest BCUT2D eigenvalue weighted by molar-refractivity contribution is 7.89. The largest absolute Gasteiger partial charge is 0.390 e. The molecular weight excluding hydrogens is 269 g/mol. The van der Waals surface area contributed by atoms with Crippen LogP contribution in [0.25, 0.3) is 0 Å². The Balaban J connectivity index is 2.20. The first-order valence-corrected chi connectivity index (χ1v) is 7.63. The van der Waals surface area contributed by atoms with Crippen LogP contribution in [0.15, 0.2) is 0 Å². The fraction of sp³-hybridized carbons (Fsp3) is 1.00. The summed E-state index contributed by atoms with van der Waals surface area (Å²) in [6, 6.07) is -0.615. The monoisotopic (exact) mass is 288 g/mol. The molecule has 0 heterocycles. The van der Waals surface area contributed by atoms with Gasteiger partial charge in [0.15, 0.2) is 0 Å². The number of halogens is 3. The highest BCUT2D eigenvalue weighted by Gasteiger charge is 2.31. The van der Waals surface area contributed by atoms with Crippen molar-refractivity contribution in [2.45, 2.75) is 50.9 Å². The van der Waals surface area contributed by atoms with Gasteiger partial charge in [-0.25, -0.2) is 13.1 Å². The molecule has 0 aromatic rings. The quantitative estimate of drug-likeness (QED) is 0.664. The van der Waals surface area contributed by atoms with Gasteiger partial charge in [0.1, 0.15) is 0 Å². The van der Waals surface area contributed by atoms with Gasteiger partial charge in [0.05, 0.1) is 12.2 Å². The summed E-state index contributed by atoms with van der Waals surface area (Å²) in [5, 5.41) is 3.15. The first-order valence-electron chi connectivity index (χ1n) is 5.98. The van der Waals surface area contributed by atoms with E-state index in [0.717, 1.165) is 12.8 Å². The van der Waals surface area contributed by atoms with E-state index < -0.39 is 28.7 Å². The van der Waals surface area contributed by atoms with Gasteiger partial charge in [0, 0.05) is 12.1 Å². The van der Waals surface area contributed by atoms with E-state index in [1.165, 1.54) is 6.92 Å². The normalized spacial score (nSPS) is 18.9. The minimum absolute atomic E-state index is 0.144. The van der Waals surface area contributed by atoms with E-state index in [4.69, 9.17) is 0 Å². The summed E-state index contributed by atoms with van der Waals surface area (Å²) in [6.07, 6.45) is -2.85. The molecule has 1 aliphatic rings. The predicted octanol–water partition coefficient (Wildman–Crippen LogP) is 1.39. The fourth-order valence-corrected chi connectivity index (χ4v) is 2.95. The lowest BCUT2D eigenvalue weighted by Crippen LogP contribution is -2.37. The van der Waals surface area contributed by atoms with Crippen molar-refractivity contribution in [3.05, 3.63) is 0 Å². The number of hydrogen-bond acceptors (Lipinski definition) is 3. The van der Waals surface area contributed by atoms with Crippen LogP contribution >= 0.6 is 0 Å². The van der Waals surface area contributed by atoms with Gasteiger partial charge < -0.3 is 5.32 Å². The lowest BCUT2D eigenvalue weighted by atomic mass is 10.2. The van der Waals surface area contributed by atoms with Crippen molar-refractivity contribution in [1.82, 2.24) is 10.0 Å². The summed E-state index contributed by atoms with van der Waals surface area (Å²) in [6.45, 7) is 1.80. The van der Waals surface area contributed by atoms with Gasteiger partial charge in [-0.15, -0.1) is 0 Å². The molecule has 108 valence electrons. The first kappa shape index (κ1) is 15.7. The molecule has 0 radical (unpaired) electrons. The summed E-state index contributed by atoms with van der Waals surface area (Å²) in [5.41, 5.74) is 0. The van der Waals surface area contributed by atoms with Crippen molar-refractivity contribution in [2.75, 3.05) is 12.3 Å². The van der Waals surface area contributed by atoms with Crippen molar-refractivity contribution in [3.63, 3.8) is 0 Å². The minimum atomic E-state index is -4.35. The maximum atomic E-state index is 12.0. The van der Waals surface area contributed by atoms with E-state index in [-0.39, 0.29) is 5.75 Å². The van der Waals surface area contributed by atoms with E-state index in [2.05, 4.69) is 5.32 Å². The van der Waals surface area contributed by atoms with Gasteiger partial charge >= 0.3 is 6.18 Å². The molecule has 0 aliphatic heterocycles. The molecule has 0 saturated heterocycles. The zero-order chi connectivity index (χ0) is 13.8. The van der Waals surface area contributed by atoms with Crippen molar-refractivity contribution >= 4 is 10.0 Å². The number of nitrogens with one attached hydrogen (secondary N) is 2. The molecule has 8 heteroatoms. The standard InChI is InChI=1S/C10H19F3N2O2S/c1-8(7-10(11,12)13)15-18(16,17)6-2-5-14-9-3-4-9/h8-9,14-15H,2-7H2,1H3. The molecule has 1 atom stereocenters. The molecule has 1 saturated carbocycles. The van der Waals surface area contributed by atoms with E-state index >= 15 is 0 Å². The summed E-state index contributed by atoms with van der Waals surface area (Å²) in [4.78, 5) is 0. The van der Waals surface area contributed by atoms with Crippen LogP contribution in [0.4, 0.5) is 13.2 Å². The minimum Gasteiger partial charge on any atom is -0.314 e. The maximum absolute atomic E-state index is 12.0. The molecule has 1 unspecified atom stereocenters. The SMILES string of the molecule is CC(CC(F)(F)F)NS(=O)(=O)CCCNC1CC1. The van der Waals surface area contributed by atoms with Gasteiger partial charge in [-0.2, -0.15) is 13.2 Å². The Kier molecular flexibility index (Phi) is 5.42. The number of sulfonamides is 1. The Hall–Kier alpha value is -0.340. The van der Waals surface area contributed by atoms with Gasteiger partial charge in [-0.3, -0.25) is 0 Å². The van der Waals surface area contributed by atoms with Crippen molar-refractivity contribution in [1.29, 1.82) is 0 Å². The molecule has 0 amide bonds. The topological polar surface area (TPSA) is 58.2 Å². The zero-order valence-electron chi connectivity index (χ0n) is 10.3. The van der Waals surface area contributed by atoms with Crippen LogP contribution in [0.5, 0.6) is 0 Å². The summed E-state index contributed by atoms with van der Waals surface area (Å²) in [5.74, 6) is -0.144.